The van der Waals surface area contributed by atoms with Crippen LogP contribution in [-0.4, -0.2) is 39.9 Å². The number of carbonyl (C=O) groups is 1. The van der Waals surface area contributed by atoms with Gasteiger partial charge in [0.2, 0.25) is 4.96 Å². The molecule has 0 fully saturated rings. The lowest BCUT2D eigenvalue weighted by Crippen LogP contribution is -2.24. The summed E-state index contributed by atoms with van der Waals surface area (Å²) in [5, 5.41) is 15.4. The molecule has 8 nitrogen and oxygen atoms in total. The molecule has 0 bridgehead atoms. The van der Waals surface area contributed by atoms with Gasteiger partial charge >= 0.3 is 0 Å². The maximum absolute atomic E-state index is 12.4. The molecule has 0 spiro atoms. The van der Waals surface area contributed by atoms with E-state index in [0.29, 0.717) is 22.0 Å². The van der Waals surface area contributed by atoms with Crippen molar-refractivity contribution in [2.45, 2.75) is 6.54 Å². The molecule has 22 heavy (non-hydrogen) atoms. The second-order valence-corrected chi connectivity index (χ2v) is 5.31. The minimum atomic E-state index is -0.291. The lowest BCUT2D eigenvalue weighted by atomic mass is 10.1. The summed E-state index contributed by atoms with van der Waals surface area (Å²) in [7, 11) is 3.02. The molecule has 1 aromatic carbocycles. The quantitative estimate of drug-likeness (QED) is 0.758. The molecule has 2 aromatic heterocycles. The molecular formula is C13H13N5O3S. The molecule has 114 valence electrons. The van der Waals surface area contributed by atoms with Crippen LogP contribution in [-0.2, 0) is 6.54 Å². The second kappa shape index (κ2) is 5.98. The fraction of sp³-hybridized carbons (Fsp3) is 0.231. The van der Waals surface area contributed by atoms with Gasteiger partial charge in [0.15, 0.2) is 0 Å². The Morgan fingerprint density at radius 2 is 2.05 bits per heavy atom. The third-order valence-electron chi connectivity index (χ3n) is 2.98. The molecule has 3 rings (SSSR count). The minimum Gasteiger partial charge on any atom is -0.496 e. The van der Waals surface area contributed by atoms with E-state index in [2.05, 4.69) is 20.6 Å². The van der Waals surface area contributed by atoms with E-state index in [1.54, 1.807) is 22.7 Å². The number of ether oxygens (including phenoxy) is 2. The smallest absolute Gasteiger partial charge is 0.259 e. The van der Waals surface area contributed by atoms with Crippen LogP contribution in [0, 0.1) is 0 Å². The summed E-state index contributed by atoms with van der Waals surface area (Å²) in [5.74, 6) is 0.616. The average molecular weight is 319 g/mol. The van der Waals surface area contributed by atoms with Crippen molar-refractivity contribution in [2.75, 3.05) is 14.2 Å². The van der Waals surface area contributed by atoms with Crippen molar-refractivity contribution in [1.82, 2.24) is 25.1 Å². The van der Waals surface area contributed by atoms with Gasteiger partial charge in [-0.3, -0.25) is 4.79 Å². The van der Waals surface area contributed by atoms with Crippen LogP contribution in [0.1, 0.15) is 15.4 Å². The number of rotatable bonds is 5. The van der Waals surface area contributed by atoms with Crippen LogP contribution in [0.5, 0.6) is 11.5 Å². The zero-order chi connectivity index (χ0) is 15.5. The fourth-order valence-electron chi connectivity index (χ4n) is 1.99. The number of nitrogens with one attached hydrogen (secondary N) is 1. The standard InChI is InChI=1S/C13H13N5O3S/c1-20-8-4-3-5-9(21-2)11(8)12(19)14-6-10-17-18-7-15-16-13(18)22-10/h3-5,7H,6H2,1-2H3,(H,14,19). The predicted octanol–water partition coefficient (Wildman–Crippen LogP) is 1.13. The highest BCUT2D eigenvalue weighted by Crippen LogP contribution is 2.28. The Bertz CT molecular complexity index is 762. The van der Waals surface area contributed by atoms with Gasteiger partial charge in [0.25, 0.3) is 5.91 Å². The van der Waals surface area contributed by atoms with Crippen LogP contribution in [0.2, 0.25) is 0 Å². The maximum atomic E-state index is 12.4. The number of aromatic nitrogens is 4. The molecule has 0 saturated carbocycles. The van der Waals surface area contributed by atoms with E-state index < -0.39 is 0 Å². The van der Waals surface area contributed by atoms with Gasteiger partial charge in [0.05, 0.1) is 20.8 Å². The molecule has 0 unspecified atom stereocenters. The first-order valence-corrected chi connectivity index (χ1v) is 7.19. The van der Waals surface area contributed by atoms with Gasteiger partial charge < -0.3 is 14.8 Å². The third kappa shape index (κ3) is 2.58. The number of nitrogens with zero attached hydrogens (tertiary/aromatic N) is 4. The van der Waals surface area contributed by atoms with E-state index in [-0.39, 0.29) is 12.5 Å². The Kier molecular flexibility index (Phi) is 3.88. The number of methoxy groups -OCH3 is 2. The third-order valence-corrected chi connectivity index (χ3v) is 3.90. The van der Waals surface area contributed by atoms with Crippen LogP contribution < -0.4 is 14.8 Å². The minimum absolute atomic E-state index is 0.286. The second-order valence-electron chi connectivity index (χ2n) is 4.27. The van der Waals surface area contributed by atoms with Crippen molar-refractivity contribution in [3.8, 4) is 11.5 Å². The van der Waals surface area contributed by atoms with Crippen molar-refractivity contribution in [3.05, 3.63) is 35.1 Å². The molecule has 2 heterocycles. The highest BCUT2D eigenvalue weighted by atomic mass is 32.1. The van der Waals surface area contributed by atoms with E-state index in [9.17, 15) is 4.79 Å². The first-order chi connectivity index (χ1) is 10.7. The Labute approximate surface area is 129 Å². The van der Waals surface area contributed by atoms with E-state index >= 15 is 0 Å². The maximum Gasteiger partial charge on any atom is 0.259 e. The number of hydrogen-bond acceptors (Lipinski definition) is 7. The van der Waals surface area contributed by atoms with Crippen molar-refractivity contribution >= 4 is 22.2 Å². The van der Waals surface area contributed by atoms with E-state index in [1.165, 1.54) is 31.9 Å². The van der Waals surface area contributed by atoms with Gasteiger partial charge in [-0.1, -0.05) is 17.4 Å². The van der Waals surface area contributed by atoms with Crippen LogP contribution in [0.3, 0.4) is 0 Å². The van der Waals surface area contributed by atoms with Crippen molar-refractivity contribution < 1.29 is 14.3 Å². The molecule has 1 amide bonds. The van der Waals surface area contributed by atoms with Crippen LogP contribution in [0.25, 0.3) is 4.96 Å². The number of fused-ring (bicyclic) bond motifs is 1. The molecule has 0 aliphatic carbocycles. The summed E-state index contributed by atoms with van der Waals surface area (Å²) < 4.78 is 12.0. The van der Waals surface area contributed by atoms with Gasteiger partial charge in [-0.05, 0) is 12.1 Å². The summed E-state index contributed by atoms with van der Waals surface area (Å²) in [5.41, 5.74) is 0.357. The molecule has 0 aliphatic rings. The predicted molar refractivity (Wildman–Crippen MR) is 79.4 cm³/mol. The number of carbonyl (C=O) groups excluding carboxylic acids is 1. The lowest BCUT2D eigenvalue weighted by Gasteiger charge is -2.12. The topological polar surface area (TPSA) is 90.6 Å². The van der Waals surface area contributed by atoms with Crippen molar-refractivity contribution in [3.63, 3.8) is 0 Å². The number of benzene rings is 1. The van der Waals surface area contributed by atoms with E-state index in [1.807, 2.05) is 0 Å². The molecule has 0 atom stereocenters. The Balaban J connectivity index is 1.78. The summed E-state index contributed by atoms with van der Waals surface area (Å²) in [6, 6.07) is 5.18. The van der Waals surface area contributed by atoms with E-state index in [4.69, 9.17) is 9.47 Å². The van der Waals surface area contributed by atoms with Gasteiger partial charge in [-0.2, -0.15) is 9.61 Å². The Morgan fingerprint density at radius 1 is 1.32 bits per heavy atom. The van der Waals surface area contributed by atoms with E-state index in [0.717, 1.165) is 5.01 Å². The van der Waals surface area contributed by atoms with Crippen LogP contribution in [0.15, 0.2) is 24.5 Å². The average Bonchev–Trinajstić information content (AvgIpc) is 3.12. The molecule has 1 N–H and O–H groups in total. The molecule has 3 aromatic rings. The molecule has 0 aliphatic heterocycles. The first-order valence-electron chi connectivity index (χ1n) is 6.38. The summed E-state index contributed by atoms with van der Waals surface area (Å²) in [6.45, 7) is 0.286. The summed E-state index contributed by atoms with van der Waals surface area (Å²) in [4.78, 5) is 13.1. The number of hydrogen-bond donors (Lipinski definition) is 1. The molecular weight excluding hydrogens is 306 g/mol. The van der Waals surface area contributed by atoms with Crippen LogP contribution >= 0.6 is 11.3 Å². The van der Waals surface area contributed by atoms with Crippen LogP contribution in [0.4, 0.5) is 0 Å². The lowest BCUT2D eigenvalue weighted by molar-refractivity contribution is 0.0944. The highest BCUT2D eigenvalue weighted by Gasteiger charge is 2.18. The Morgan fingerprint density at radius 3 is 2.68 bits per heavy atom. The zero-order valence-corrected chi connectivity index (χ0v) is 12.8. The summed E-state index contributed by atoms with van der Waals surface area (Å²) >= 11 is 1.36. The Hall–Kier alpha value is -2.68. The van der Waals surface area contributed by atoms with Gasteiger partial charge in [-0.15, -0.1) is 10.2 Å². The molecule has 0 saturated heterocycles. The monoisotopic (exact) mass is 319 g/mol. The van der Waals surface area contributed by atoms with Crippen molar-refractivity contribution in [2.24, 2.45) is 0 Å². The SMILES string of the molecule is COc1cccc(OC)c1C(=O)NCc1nn2cnnc2s1. The van der Waals surface area contributed by atoms with Gasteiger partial charge in [0.1, 0.15) is 28.4 Å². The number of amides is 1. The summed E-state index contributed by atoms with van der Waals surface area (Å²) in [6.07, 6.45) is 1.51. The zero-order valence-electron chi connectivity index (χ0n) is 11.9. The highest BCUT2D eigenvalue weighted by molar-refractivity contribution is 7.16. The fourth-order valence-corrected chi connectivity index (χ4v) is 2.75. The largest absolute Gasteiger partial charge is 0.496 e. The normalized spacial score (nSPS) is 10.6. The molecule has 0 radical (unpaired) electrons. The first kappa shape index (κ1) is 14.3. The van der Waals surface area contributed by atoms with Crippen molar-refractivity contribution in [1.29, 1.82) is 0 Å². The van der Waals surface area contributed by atoms with Gasteiger partial charge in [-0.25, -0.2) is 0 Å². The molecule has 9 heteroatoms. The van der Waals surface area contributed by atoms with Gasteiger partial charge in [0, 0.05) is 0 Å².